The fraction of sp³-hybridized carbons (Fsp3) is 0.429. The highest BCUT2D eigenvalue weighted by atomic mass is 127. The predicted molar refractivity (Wildman–Crippen MR) is 82.2 cm³/mol. The van der Waals surface area contributed by atoms with Crippen molar-refractivity contribution in [3.05, 3.63) is 33.4 Å². The summed E-state index contributed by atoms with van der Waals surface area (Å²) in [5.41, 5.74) is 0.633. The van der Waals surface area contributed by atoms with E-state index in [0.29, 0.717) is 18.0 Å². The molecule has 0 fully saturated rings. The molecule has 0 atom stereocenters. The third-order valence-corrected chi connectivity index (χ3v) is 3.51. The monoisotopic (exact) mass is 375 g/mol. The molecule has 0 aliphatic carbocycles. The average molecular weight is 375 g/mol. The van der Waals surface area contributed by atoms with Gasteiger partial charge in [-0.25, -0.2) is 0 Å². The summed E-state index contributed by atoms with van der Waals surface area (Å²) in [6.45, 7) is 4.84. The van der Waals surface area contributed by atoms with E-state index in [1.54, 1.807) is 11.0 Å². The smallest absolute Gasteiger partial charge is 0.305 e. The van der Waals surface area contributed by atoms with Crippen LogP contribution in [0, 0.1) is 9.49 Å². The largest absolute Gasteiger partial charge is 0.481 e. The second-order valence-electron chi connectivity index (χ2n) is 4.77. The lowest BCUT2D eigenvalue weighted by molar-refractivity contribution is -0.137. The number of benzene rings is 1. The molecule has 0 spiro atoms. The van der Waals surface area contributed by atoms with Crippen molar-refractivity contribution in [2.24, 2.45) is 5.92 Å². The molecule has 1 amide bonds. The van der Waals surface area contributed by atoms with Gasteiger partial charge in [-0.3, -0.25) is 9.59 Å². The topological polar surface area (TPSA) is 57.6 Å². The Bertz CT molecular complexity index is 460. The van der Waals surface area contributed by atoms with E-state index in [-0.39, 0.29) is 18.9 Å². The Hall–Kier alpha value is -1.11. The maximum atomic E-state index is 12.4. The molecule has 0 bridgehead atoms. The number of nitrogens with zero attached hydrogens (tertiary/aromatic N) is 1. The van der Waals surface area contributed by atoms with Gasteiger partial charge in [-0.05, 0) is 40.6 Å². The number of aliphatic carboxylic acids is 1. The van der Waals surface area contributed by atoms with E-state index in [4.69, 9.17) is 5.11 Å². The molecule has 0 heterocycles. The molecular weight excluding hydrogens is 357 g/mol. The van der Waals surface area contributed by atoms with Crippen LogP contribution >= 0.6 is 22.6 Å². The number of carbonyl (C=O) groups is 2. The van der Waals surface area contributed by atoms with Gasteiger partial charge in [-0.15, -0.1) is 0 Å². The third kappa shape index (κ3) is 5.18. The van der Waals surface area contributed by atoms with E-state index in [0.717, 1.165) is 3.57 Å². The number of hydrogen-bond acceptors (Lipinski definition) is 2. The summed E-state index contributed by atoms with van der Waals surface area (Å²) < 4.78 is 0.884. The molecule has 0 aliphatic heterocycles. The summed E-state index contributed by atoms with van der Waals surface area (Å²) >= 11 is 2.12. The van der Waals surface area contributed by atoms with Crippen molar-refractivity contribution in [1.82, 2.24) is 4.90 Å². The van der Waals surface area contributed by atoms with Crippen molar-refractivity contribution in [1.29, 1.82) is 0 Å². The fourth-order valence-corrected chi connectivity index (χ4v) is 2.37. The lowest BCUT2D eigenvalue weighted by atomic mass is 10.1. The van der Waals surface area contributed by atoms with Crippen LogP contribution in [0.3, 0.4) is 0 Å². The summed E-state index contributed by atoms with van der Waals surface area (Å²) in [6.07, 6.45) is -0.0259. The Morgan fingerprint density at radius 1 is 1.32 bits per heavy atom. The Morgan fingerprint density at radius 3 is 2.47 bits per heavy atom. The number of carboxylic acid groups (broad SMARTS) is 1. The Labute approximate surface area is 126 Å². The van der Waals surface area contributed by atoms with Gasteiger partial charge in [0.2, 0.25) is 0 Å². The molecule has 1 aromatic carbocycles. The lowest BCUT2D eigenvalue weighted by Crippen LogP contribution is -2.36. The van der Waals surface area contributed by atoms with Gasteiger partial charge in [0, 0.05) is 16.7 Å². The molecule has 1 N–H and O–H groups in total. The van der Waals surface area contributed by atoms with Crippen LogP contribution in [0.4, 0.5) is 0 Å². The summed E-state index contributed by atoms with van der Waals surface area (Å²) in [6, 6.07) is 7.35. The molecule has 1 aromatic rings. The second-order valence-corrected chi connectivity index (χ2v) is 5.93. The van der Waals surface area contributed by atoms with Gasteiger partial charge in [0.1, 0.15) is 0 Å². The molecule has 0 aromatic heterocycles. The average Bonchev–Trinajstić information content (AvgIpc) is 2.33. The minimum atomic E-state index is -0.885. The molecule has 0 saturated heterocycles. The van der Waals surface area contributed by atoms with E-state index >= 15 is 0 Å². The summed E-state index contributed by atoms with van der Waals surface area (Å²) in [5.74, 6) is -0.677. The van der Waals surface area contributed by atoms with Crippen molar-refractivity contribution in [3.8, 4) is 0 Å². The van der Waals surface area contributed by atoms with Crippen molar-refractivity contribution in [2.45, 2.75) is 20.3 Å². The van der Waals surface area contributed by atoms with Crippen LogP contribution in [0.5, 0.6) is 0 Å². The van der Waals surface area contributed by atoms with Gasteiger partial charge in [0.15, 0.2) is 0 Å². The maximum absolute atomic E-state index is 12.4. The first kappa shape index (κ1) is 15.9. The first-order chi connectivity index (χ1) is 8.91. The van der Waals surface area contributed by atoms with Crippen molar-refractivity contribution in [3.63, 3.8) is 0 Å². The first-order valence-corrected chi connectivity index (χ1v) is 7.25. The van der Waals surface area contributed by atoms with Gasteiger partial charge >= 0.3 is 5.97 Å². The van der Waals surface area contributed by atoms with Crippen LogP contribution in [0.2, 0.25) is 0 Å². The predicted octanol–water partition coefficient (Wildman–Crippen LogP) is 2.86. The zero-order chi connectivity index (χ0) is 14.4. The zero-order valence-electron chi connectivity index (χ0n) is 11.1. The Kier molecular flexibility index (Phi) is 6.27. The highest BCUT2D eigenvalue weighted by Crippen LogP contribution is 2.15. The number of carboxylic acids is 1. The van der Waals surface area contributed by atoms with Crippen LogP contribution in [0.1, 0.15) is 30.6 Å². The highest BCUT2D eigenvalue weighted by molar-refractivity contribution is 14.1. The lowest BCUT2D eigenvalue weighted by Gasteiger charge is -2.24. The van der Waals surface area contributed by atoms with Gasteiger partial charge in [-0.1, -0.05) is 26.0 Å². The van der Waals surface area contributed by atoms with Crippen LogP contribution in [0.15, 0.2) is 24.3 Å². The summed E-state index contributed by atoms with van der Waals surface area (Å²) in [4.78, 5) is 24.7. The Morgan fingerprint density at radius 2 is 1.95 bits per heavy atom. The number of rotatable bonds is 6. The molecule has 0 unspecified atom stereocenters. The minimum Gasteiger partial charge on any atom is -0.481 e. The highest BCUT2D eigenvalue weighted by Gasteiger charge is 2.19. The molecule has 19 heavy (non-hydrogen) atoms. The summed E-state index contributed by atoms with van der Waals surface area (Å²) in [5, 5.41) is 8.76. The van der Waals surface area contributed by atoms with Crippen molar-refractivity contribution < 1.29 is 14.7 Å². The molecule has 0 aliphatic rings. The molecule has 0 radical (unpaired) electrons. The van der Waals surface area contributed by atoms with Crippen molar-refractivity contribution >= 4 is 34.5 Å². The van der Waals surface area contributed by atoms with Crippen LogP contribution in [-0.4, -0.2) is 35.0 Å². The van der Waals surface area contributed by atoms with E-state index in [1.807, 2.05) is 32.0 Å². The summed E-state index contributed by atoms with van der Waals surface area (Å²) in [7, 11) is 0. The zero-order valence-corrected chi connectivity index (χ0v) is 13.3. The number of halogens is 1. The molecule has 104 valence electrons. The molecule has 0 saturated carbocycles. The van der Waals surface area contributed by atoms with Gasteiger partial charge in [0.25, 0.3) is 5.91 Å². The number of carbonyl (C=O) groups excluding carboxylic acids is 1. The molecule has 5 heteroatoms. The standard InChI is InChI=1S/C14H18INO3/c1-10(2)9-16(8-7-13(17)18)14(19)11-5-3-4-6-12(11)15/h3-6,10H,7-9H2,1-2H3,(H,17,18). The third-order valence-electron chi connectivity index (χ3n) is 2.57. The Balaban J connectivity index is 2.87. The quantitative estimate of drug-likeness (QED) is 0.778. The molecular formula is C14H18INO3. The van der Waals surface area contributed by atoms with E-state index in [2.05, 4.69) is 22.6 Å². The van der Waals surface area contributed by atoms with Gasteiger partial charge < -0.3 is 10.0 Å². The van der Waals surface area contributed by atoms with E-state index in [9.17, 15) is 9.59 Å². The van der Waals surface area contributed by atoms with Gasteiger partial charge in [-0.2, -0.15) is 0 Å². The fourth-order valence-electron chi connectivity index (χ4n) is 1.75. The van der Waals surface area contributed by atoms with Crippen molar-refractivity contribution in [2.75, 3.05) is 13.1 Å². The van der Waals surface area contributed by atoms with Crippen LogP contribution in [-0.2, 0) is 4.79 Å². The minimum absolute atomic E-state index is 0.0259. The first-order valence-electron chi connectivity index (χ1n) is 6.17. The number of amides is 1. The SMILES string of the molecule is CC(C)CN(CCC(=O)O)C(=O)c1ccccc1I. The van der Waals surface area contributed by atoms with Gasteiger partial charge in [0.05, 0.1) is 12.0 Å². The van der Waals surface area contributed by atoms with E-state index < -0.39 is 5.97 Å². The normalized spacial score (nSPS) is 10.5. The maximum Gasteiger partial charge on any atom is 0.305 e. The van der Waals surface area contributed by atoms with Crippen LogP contribution < -0.4 is 0 Å². The second kappa shape index (κ2) is 7.47. The van der Waals surface area contributed by atoms with Crippen LogP contribution in [0.25, 0.3) is 0 Å². The number of hydrogen-bond donors (Lipinski definition) is 1. The van der Waals surface area contributed by atoms with E-state index in [1.165, 1.54) is 0 Å². The molecule has 1 rings (SSSR count). The molecule has 4 nitrogen and oxygen atoms in total.